The van der Waals surface area contributed by atoms with Gasteiger partial charge in [0.15, 0.2) is 10.7 Å². The first-order valence-corrected chi connectivity index (χ1v) is 12.2. The summed E-state index contributed by atoms with van der Waals surface area (Å²) >= 11 is 14.5. The van der Waals surface area contributed by atoms with Gasteiger partial charge < -0.3 is 14.5 Å². The maximum atomic E-state index is 12.5. The molecule has 0 saturated carbocycles. The highest BCUT2D eigenvalue weighted by molar-refractivity contribution is 14.1. The highest BCUT2D eigenvalue weighted by Crippen LogP contribution is 2.32. The SMILES string of the molecule is COc1ccc(C(=O)NC(=S)Nc2ccc3oc(-c4cc(I)ccc4Br)nc3c2)cc1Br. The van der Waals surface area contributed by atoms with Crippen LogP contribution in [-0.4, -0.2) is 23.1 Å². The van der Waals surface area contributed by atoms with Gasteiger partial charge in [-0.15, -0.1) is 0 Å². The van der Waals surface area contributed by atoms with Gasteiger partial charge in [0, 0.05) is 19.3 Å². The highest BCUT2D eigenvalue weighted by Gasteiger charge is 2.14. The van der Waals surface area contributed by atoms with Gasteiger partial charge in [0.1, 0.15) is 11.3 Å². The molecule has 0 unspecified atom stereocenters. The van der Waals surface area contributed by atoms with Crippen molar-refractivity contribution in [1.29, 1.82) is 0 Å². The van der Waals surface area contributed by atoms with Gasteiger partial charge >= 0.3 is 0 Å². The van der Waals surface area contributed by atoms with Gasteiger partial charge in [0.05, 0.1) is 17.1 Å². The van der Waals surface area contributed by atoms with Crippen LogP contribution in [0.1, 0.15) is 10.4 Å². The van der Waals surface area contributed by atoms with E-state index in [1.165, 1.54) is 0 Å². The molecule has 0 aliphatic heterocycles. The molecule has 0 aliphatic carbocycles. The van der Waals surface area contributed by atoms with Gasteiger partial charge in [0.25, 0.3) is 5.91 Å². The number of aromatic nitrogens is 1. The van der Waals surface area contributed by atoms with Crippen LogP contribution in [0.4, 0.5) is 5.69 Å². The molecule has 1 amide bonds. The molecule has 0 aliphatic rings. The largest absolute Gasteiger partial charge is 0.496 e. The minimum atomic E-state index is -0.334. The lowest BCUT2D eigenvalue weighted by Crippen LogP contribution is -2.34. The first-order chi connectivity index (χ1) is 15.3. The van der Waals surface area contributed by atoms with E-state index >= 15 is 0 Å². The molecule has 1 heterocycles. The van der Waals surface area contributed by atoms with E-state index in [1.54, 1.807) is 31.4 Å². The molecule has 4 aromatic rings. The minimum absolute atomic E-state index is 0.172. The number of nitrogens with zero attached hydrogens (tertiary/aromatic N) is 1. The van der Waals surface area contributed by atoms with Gasteiger partial charge in [-0.2, -0.15) is 0 Å². The van der Waals surface area contributed by atoms with Gasteiger partial charge in [0.2, 0.25) is 5.89 Å². The fraction of sp³-hybridized carbons (Fsp3) is 0.0455. The second-order valence-corrected chi connectivity index (χ2v) is 9.95. The zero-order valence-corrected chi connectivity index (χ0v) is 22.6. The molecule has 6 nitrogen and oxygen atoms in total. The molecule has 32 heavy (non-hydrogen) atoms. The van der Waals surface area contributed by atoms with E-state index in [0.717, 1.165) is 13.6 Å². The molecule has 0 spiro atoms. The van der Waals surface area contributed by atoms with E-state index < -0.39 is 0 Å². The number of benzene rings is 3. The molecular formula is C22H14Br2IN3O3S. The number of halogens is 3. The summed E-state index contributed by atoms with van der Waals surface area (Å²) in [5.74, 6) is 0.822. The molecule has 1 aromatic heterocycles. The molecule has 0 bridgehead atoms. The molecule has 2 N–H and O–H groups in total. The number of oxazole rings is 1. The second kappa shape index (κ2) is 9.86. The standard InChI is InChI=1S/C22H14Br2IN3O3S/c1-30-18-6-2-11(8-16(18)24)20(29)28-22(32)26-13-4-7-19-17(10-13)27-21(31-19)14-9-12(25)3-5-15(14)23/h2-10H,1H3,(H2,26,28,29,32). The van der Waals surface area contributed by atoms with E-state index in [0.29, 0.717) is 38.5 Å². The van der Waals surface area contributed by atoms with Crippen LogP contribution in [0.5, 0.6) is 5.75 Å². The Bertz CT molecular complexity index is 1360. The number of hydrogen-bond donors (Lipinski definition) is 2. The predicted octanol–water partition coefficient (Wildman–Crippen LogP) is 6.76. The van der Waals surface area contributed by atoms with Crippen LogP contribution in [0, 0.1) is 3.57 Å². The number of fused-ring (bicyclic) bond motifs is 1. The summed E-state index contributed by atoms with van der Waals surface area (Å²) in [6.07, 6.45) is 0. The number of carbonyl (C=O) groups excluding carboxylic acids is 1. The Kier molecular flexibility index (Phi) is 7.13. The summed E-state index contributed by atoms with van der Waals surface area (Å²) in [7, 11) is 1.56. The van der Waals surface area contributed by atoms with E-state index in [1.807, 2.05) is 30.3 Å². The topological polar surface area (TPSA) is 76.4 Å². The molecule has 162 valence electrons. The third kappa shape index (κ3) is 5.13. The van der Waals surface area contributed by atoms with Crippen LogP contribution in [0.25, 0.3) is 22.6 Å². The smallest absolute Gasteiger partial charge is 0.257 e. The van der Waals surface area contributed by atoms with E-state index in [2.05, 4.69) is 70.1 Å². The van der Waals surface area contributed by atoms with Gasteiger partial charge in [-0.1, -0.05) is 0 Å². The zero-order chi connectivity index (χ0) is 22.8. The second-order valence-electron chi connectivity index (χ2n) is 6.58. The monoisotopic (exact) mass is 685 g/mol. The average Bonchev–Trinajstić information content (AvgIpc) is 3.18. The molecule has 4 rings (SSSR count). The van der Waals surface area contributed by atoms with Gasteiger partial charge in [-0.05, 0) is 121 Å². The normalized spacial score (nSPS) is 10.8. The Labute approximate surface area is 219 Å². The Hall–Kier alpha value is -2.02. The van der Waals surface area contributed by atoms with Crippen LogP contribution in [-0.2, 0) is 0 Å². The molecule has 0 atom stereocenters. The zero-order valence-electron chi connectivity index (χ0n) is 16.4. The lowest BCUT2D eigenvalue weighted by molar-refractivity contribution is 0.0977. The first-order valence-electron chi connectivity index (χ1n) is 9.16. The fourth-order valence-electron chi connectivity index (χ4n) is 2.93. The number of carbonyl (C=O) groups is 1. The minimum Gasteiger partial charge on any atom is -0.496 e. The summed E-state index contributed by atoms with van der Waals surface area (Å²) in [4.78, 5) is 17.1. The number of ether oxygens (including phenoxy) is 1. The number of thiocarbonyl (C=S) groups is 1. The van der Waals surface area contributed by atoms with Crippen molar-refractivity contribution < 1.29 is 13.9 Å². The quantitative estimate of drug-likeness (QED) is 0.183. The Morgan fingerprint density at radius 2 is 1.91 bits per heavy atom. The molecule has 3 aromatic carbocycles. The van der Waals surface area contributed by atoms with Crippen molar-refractivity contribution in [3.05, 3.63) is 72.7 Å². The molecule has 10 heteroatoms. The number of nitrogens with one attached hydrogen (secondary N) is 2. The van der Waals surface area contributed by atoms with Gasteiger partial charge in [-0.25, -0.2) is 4.98 Å². The lowest BCUT2D eigenvalue weighted by Gasteiger charge is -2.10. The number of hydrogen-bond acceptors (Lipinski definition) is 5. The third-order valence-electron chi connectivity index (χ3n) is 4.45. The molecule has 0 radical (unpaired) electrons. The van der Waals surface area contributed by atoms with Crippen LogP contribution < -0.4 is 15.4 Å². The Balaban J connectivity index is 1.49. The van der Waals surface area contributed by atoms with E-state index in [-0.39, 0.29) is 11.0 Å². The molecule has 0 fully saturated rings. The van der Waals surface area contributed by atoms with Crippen molar-refractivity contribution >= 4 is 94.5 Å². The van der Waals surface area contributed by atoms with Crippen LogP contribution in [0.15, 0.2) is 68.0 Å². The number of rotatable bonds is 4. The van der Waals surface area contributed by atoms with Crippen molar-refractivity contribution in [2.45, 2.75) is 0 Å². The van der Waals surface area contributed by atoms with Gasteiger partial charge in [-0.3, -0.25) is 10.1 Å². The Morgan fingerprint density at radius 3 is 2.66 bits per heavy atom. The van der Waals surface area contributed by atoms with Crippen LogP contribution in [0.2, 0.25) is 0 Å². The highest BCUT2D eigenvalue weighted by atomic mass is 127. The summed E-state index contributed by atoms with van der Waals surface area (Å²) in [5, 5.41) is 5.86. The van der Waals surface area contributed by atoms with Crippen molar-refractivity contribution in [2.24, 2.45) is 0 Å². The fourth-order valence-corrected chi connectivity index (χ4v) is 4.59. The van der Waals surface area contributed by atoms with Crippen LogP contribution in [0.3, 0.4) is 0 Å². The summed E-state index contributed by atoms with van der Waals surface area (Å²) < 4.78 is 13.8. The molecule has 0 saturated heterocycles. The summed E-state index contributed by atoms with van der Waals surface area (Å²) in [6, 6.07) is 16.4. The maximum Gasteiger partial charge on any atom is 0.257 e. The summed E-state index contributed by atoms with van der Waals surface area (Å²) in [6.45, 7) is 0. The molecular weight excluding hydrogens is 673 g/mol. The van der Waals surface area contributed by atoms with Crippen LogP contribution >= 0.6 is 66.7 Å². The summed E-state index contributed by atoms with van der Waals surface area (Å²) in [5.41, 5.74) is 3.32. The first kappa shape index (κ1) is 23.1. The number of amides is 1. The lowest BCUT2D eigenvalue weighted by atomic mass is 10.2. The van der Waals surface area contributed by atoms with Crippen molar-refractivity contribution in [1.82, 2.24) is 10.3 Å². The third-order valence-corrected chi connectivity index (χ3v) is 6.63. The maximum absolute atomic E-state index is 12.5. The van der Waals surface area contributed by atoms with Crippen molar-refractivity contribution in [3.63, 3.8) is 0 Å². The van der Waals surface area contributed by atoms with E-state index in [4.69, 9.17) is 21.4 Å². The predicted molar refractivity (Wildman–Crippen MR) is 144 cm³/mol. The average molecular weight is 687 g/mol. The van der Waals surface area contributed by atoms with Crippen molar-refractivity contribution in [3.8, 4) is 17.2 Å². The number of anilines is 1. The van der Waals surface area contributed by atoms with Crippen molar-refractivity contribution in [2.75, 3.05) is 12.4 Å². The Morgan fingerprint density at radius 1 is 1.09 bits per heavy atom. The number of methoxy groups -OCH3 is 1. The van der Waals surface area contributed by atoms with E-state index in [9.17, 15) is 4.79 Å².